The summed E-state index contributed by atoms with van der Waals surface area (Å²) in [4.78, 5) is 15.9. The van der Waals surface area contributed by atoms with E-state index in [1.165, 1.54) is 31.3 Å². The zero-order chi connectivity index (χ0) is 23.3. The van der Waals surface area contributed by atoms with Crippen molar-refractivity contribution in [1.29, 1.82) is 0 Å². The summed E-state index contributed by atoms with van der Waals surface area (Å²) in [6, 6.07) is 3.20. The standard InChI is InChI=1S/C20H26ClN2O7P/c1-10(2)30-20(27)12(4)23-31(28)29-9-13-8-22-11(3)18(25)17(13)19(26)15-7-14(24)5-6-16(15)21/h5-8,10,12,19,24-26,31H,9H2,1-4H3,(H,23,28)/t12-,19-/m0/s1. The Morgan fingerprint density at radius 1 is 1.29 bits per heavy atom. The predicted octanol–water partition coefficient (Wildman–Crippen LogP) is 3.37. The van der Waals surface area contributed by atoms with Crippen molar-refractivity contribution in [2.75, 3.05) is 0 Å². The summed E-state index contributed by atoms with van der Waals surface area (Å²) in [5, 5.41) is 33.8. The summed E-state index contributed by atoms with van der Waals surface area (Å²) in [7, 11) is -2.87. The zero-order valence-corrected chi connectivity index (χ0v) is 19.3. The number of aliphatic hydroxyl groups is 1. The molecule has 2 rings (SSSR count). The maximum absolute atomic E-state index is 12.3. The Bertz CT molecular complexity index is 971. The Labute approximate surface area is 185 Å². The van der Waals surface area contributed by atoms with Crippen LogP contribution in [0.3, 0.4) is 0 Å². The Balaban J connectivity index is 2.21. The summed E-state index contributed by atoms with van der Waals surface area (Å²) < 4.78 is 22.6. The lowest BCUT2D eigenvalue weighted by atomic mass is 9.96. The molecule has 170 valence electrons. The molecule has 3 atom stereocenters. The first-order valence-corrected chi connectivity index (χ1v) is 11.2. The Kier molecular flexibility index (Phi) is 8.85. The monoisotopic (exact) mass is 472 g/mol. The van der Waals surface area contributed by atoms with Crippen molar-refractivity contribution >= 4 is 25.7 Å². The molecule has 0 radical (unpaired) electrons. The Morgan fingerprint density at radius 2 is 1.97 bits per heavy atom. The minimum absolute atomic E-state index is 0.0575. The third kappa shape index (κ3) is 6.66. The van der Waals surface area contributed by atoms with E-state index in [9.17, 15) is 24.7 Å². The highest BCUT2D eigenvalue weighted by atomic mass is 35.5. The molecule has 4 N–H and O–H groups in total. The van der Waals surface area contributed by atoms with Gasteiger partial charge in [0.25, 0.3) is 8.18 Å². The van der Waals surface area contributed by atoms with E-state index < -0.39 is 26.3 Å². The largest absolute Gasteiger partial charge is 0.508 e. The summed E-state index contributed by atoms with van der Waals surface area (Å²) in [5.41, 5.74) is 0.735. The summed E-state index contributed by atoms with van der Waals surface area (Å²) >= 11 is 6.14. The number of hydrogen-bond donors (Lipinski definition) is 4. The molecule has 0 aliphatic carbocycles. The van der Waals surface area contributed by atoms with E-state index in [0.29, 0.717) is 0 Å². The molecule has 9 nitrogen and oxygen atoms in total. The average molecular weight is 473 g/mol. The lowest BCUT2D eigenvalue weighted by molar-refractivity contribution is -0.149. The number of carbonyl (C=O) groups is 1. The van der Waals surface area contributed by atoms with Crippen molar-refractivity contribution < 1.29 is 33.9 Å². The number of aromatic nitrogens is 1. The van der Waals surface area contributed by atoms with Crippen LogP contribution < -0.4 is 5.09 Å². The molecule has 0 aliphatic heterocycles. The minimum Gasteiger partial charge on any atom is -0.508 e. The number of esters is 1. The molecule has 1 unspecified atom stereocenters. The first-order valence-electron chi connectivity index (χ1n) is 9.48. The van der Waals surface area contributed by atoms with Crippen LogP contribution in [0.1, 0.15) is 49.3 Å². The van der Waals surface area contributed by atoms with Crippen LogP contribution in [0.4, 0.5) is 0 Å². The molecule has 0 aliphatic rings. The molecular weight excluding hydrogens is 447 g/mol. The normalized spacial score (nSPS) is 14.3. The van der Waals surface area contributed by atoms with Crippen LogP contribution in [0.25, 0.3) is 0 Å². The van der Waals surface area contributed by atoms with Gasteiger partial charge in [-0.15, -0.1) is 0 Å². The van der Waals surface area contributed by atoms with Gasteiger partial charge in [-0.3, -0.25) is 14.3 Å². The van der Waals surface area contributed by atoms with E-state index in [1.807, 2.05) is 0 Å². The molecule has 1 heterocycles. The second-order valence-electron chi connectivity index (χ2n) is 7.17. The molecule has 31 heavy (non-hydrogen) atoms. The van der Waals surface area contributed by atoms with E-state index in [4.69, 9.17) is 20.9 Å². The SMILES string of the molecule is Cc1ncc(CO[PH](=O)N[C@@H](C)C(=O)OC(C)C)c([C@@H](O)c2cc(O)ccc2Cl)c1O. The highest BCUT2D eigenvalue weighted by molar-refractivity contribution is 7.36. The first-order chi connectivity index (χ1) is 14.5. The third-order valence-electron chi connectivity index (χ3n) is 4.30. The Hall–Kier alpha value is -2.16. The minimum atomic E-state index is -2.87. The van der Waals surface area contributed by atoms with Crippen LogP contribution in [0.5, 0.6) is 11.5 Å². The number of halogens is 1. The number of hydrogen-bond acceptors (Lipinski definition) is 8. The molecule has 11 heteroatoms. The fraction of sp³-hybridized carbons (Fsp3) is 0.400. The van der Waals surface area contributed by atoms with Gasteiger partial charge in [0.1, 0.15) is 23.6 Å². The van der Waals surface area contributed by atoms with Crippen LogP contribution in [0, 0.1) is 6.92 Å². The smallest absolute Gasteiger partial charge is 0.323 e. The van der Waals surface area contributed by atoms with Crippen molar-refractivity contribution in [3.63, 3.8) is 0 Å². The molecule has 0 saturated heterocycles. The summed E-state index contributed by atoms with van der Waals surface area (Å²) in [6.45, 7) is 6.17. The van der Waals surface area contributed by atoms with Gasteiger partial charge in [-0.25, -0.2) is 5.09 Å². The number of phenolic OH excluding ortho intramolecular Hbond substituents is 1. The second-order valence-corrected chi connectivity index (χ2v) is 8.73. The number of rotatable bonds is 9. The van der Waals surface area contributed by atoms with Gasteiger partial charge in [0.2, 0.25) is 0 Å². The molecule has 2 aromatic rings. The van der Waals surface area contributed by atoms with E-state index >= 15 is 0 Å². The van der Waals surface area contributed by atoms with Gasteiger partial charge in [-0.05, 0) is 45.9 Å². The average Bonchev–Trinajstić information content (AvgIpc) is 2.69. The van der Waals surface area contributed by atoms with E-state index in [1.54, 1.807) is 20.8 Å². The topological polar surface area (TPSA) is 138 Å². The van der Waals surface area contributed by atoms with E-state index in [-0.39, 0.29) is 51.6 Å². The van der Waals surface area contributed by atoms with Crippen LogP contribution >= 0.6 is 19.8 Å². The van der Waals surface area contributed by atoms with Crippen molar-refractivity contribution in [2.24, 2.45) is 0 Å². The highest BCUT2D eigenvalue weighted by Gasteiger charge is 2.24. The van der Waals surface area contributed by atoms with Gasteiger partial charge in [-0.2, -0.15) is 0 Å². The number of aliphatic hydroxyl groups excluding tert-OH is 1. The van der Waals surface area contributed by atoms with Gasteiger partial charge < -0.3 is 24.6 Å². The number of aromatic hydroxyl groups is 2. The molecule has 0 bridgehead atoms. The fourth-order valence-electron chi connectivity index (χ4n) is 2.72. The highest BCUT2D eigenvalue weighted by Crippen LogP contribution is 2.38. The van der Waals surface area contributed by atoms with Crippen molar-refractivity contribution in [1.82, 2.24) is 10.1 Å². The molecule has 0 saturated carbocycles. The molecule has 0 amide bonds. The maximum Gasteiger partial charge on any atom is 0.323 e. The zero-order valence-electron chi connectivity index (χ0n) is 17.5. The Morgan fingerprint density at radius 3 is 2.61 bits per heavy atom. The summed E-state index contributed by atoms with van der Waals surface area (Å²) in [6.07, 6.45) is -0.347. The lowest BCUT2D eigenvalue weighted by Crippen LogP contribution is -2.32. The molecule has 1 aromatic carbocycles. The number of aryl methyl sites for hydroxylation is 1. The number of benzene rings is 1. The quantitative estimate of drug-likeness (QED) is 0.319. The summed E-state index contributed by atoms with van der Waals surface area (Å²) in [5.74, 6) is -0.964. The van der Waals surface area contributed by atoms with Crippen LogP contribution in [0.2, 0.25) is 5.02 Å². The third-order valence-corrected chi connectivity index (χ3v) is 5.72. The first kappa shape index (κ1) is 25.1. The van der Waals surface area contributed by atoms with Crippen molar-refractivity contribution in [3.05, 3.63) is 51.8 Å². The second kappa shape index (κ2) is 10.9. The molecular formula is C20H26ClN2O7P. The van der Waals surface area contributed by atoms with Gasteiger partial charge >= 0.3 is 5.97 Å². The number of carbonyl (C=O) groups excluding carboxylic acids is 1. The number of nitrogens with one attached hydrogen (secondary N) is 1. The fourth-order valence-corrected chi connectivity index (χ4v) is 3.79. The van der Waals surface area contributed by atoms with Gasteiger partial charge in [0.15, 0.2) is 0 Å². The number of ether oxygens (including phenoxy) is 1. The van der Waals surface area contributed by atoms with Crippen molar-refractivity contribution in [2.45, 2.75) is 52.6 Å². The molecule has 1 aromatic heterocycles. The molecule has 0 spiro atoms. The molecule has 0 fully saturated rings. The van der Waals surface area contributed by atoms with Crippen LogP contribution in [0.15, 0.2) is 24.4 Å². The van der Waals surface area contributed by atoms with E-state index in [2.05, 4.69) is 10.1 Å². The van der Waals surface area contributed by atoms with Gasteiger partial charge in [0.05, 0.1) is 18.4 Å². The van der Waals surface area contributed by atoms with Gasteiger partial charge in [-0.1, -0.05) is 11.6 Å². The van der Waals surface area contributed by atoms with Crippen LogP contribution in [-0.2, 0) is 25.2 Å². The lowest BCUT2D eigenvalue weighted by Gasteiger charge is -2.20. The van der Waals surface area contributed by atoms with Gasteiger partial charge in [0, 0.05) is 27.9 Å². The van der Waals surface area contributed by atoms with Crippen molar-refractivity contribution in [3.8, 4) is 11.5 Å². The van der Waals surface area contributed by atoms with Crippen LogP contribution in [-0.4, -0.2) is 38.4 Å². The number of pyridine rings is 1. The number of phenols is 1. The maximum atomic E-state index is 12.3. The number of nitrogens with zero attached hydrogens (tertiary/aromatic N) is 1. The van der Waals surface area contributed by atoms with E-state index in [0.717, 1.165) is 0 Å². The predicted molar refractivity (Wildman–Crippen MR) is 115 cm³/mol.